The summed E-state index contributed by atoms with van der Waals surface area (Å²) in [6.45, 7) is 0. The van der Waals surface area contributed by atoms with Crippen molar-refractivity contribution in [1.82, 2.24) is 29.3 Å². The molecular weight excluding hydrogens is 858 g/mol. The van der Waals surface area contributed by atoms with Crippen molar-refractivity contribution in [3.8, 4) is 45.9 Å². The van der Waals surface area contributed by atoms with Gasteiger partial charge in [0, 0.05) is 61.7 Å². The van der Waals surface area contributed by atoms with Crippen LogP contribution in [-0.2, 0) is 40.4 Å². The summed E-state index contributed by atoms with van der Waals surface area (Å²) >= 11 is 0. The van der Waals surface area contributed by atoms with E-state index in [9.17, 15) is 13.2 Å². The number of hydrogen-bond donors (Lipinski definition) is 0. The SMILES string of the molecule is COc1c[c-]c(-n2[c-][n+](C)c3ccccc32)c(OC)c1.COc1c[c-]c(-n2[c-][n+](C)cc2)c(OC)c1.FC(F)(F)c1n[n-]c(-c2ccccn2)n1.[Ir]. The second kappa shape index (κ2) is 17.5. The Morgan fingerprint density at radius 3 is 2.00 bits per heavy atom. The molecule has 0 atom stereocenters. The van der Waals surface area contributed by atoms with E-state index in [1.807, 2.05) is 75.1 Å². The molecule has 0 N–H and O–H groups in total. The maximum Gasteiger partial charge on any atom is 0.429 e. The fraction of sp³-hybridized carbons (Fsp3) is 0.194. The van der Waals surface area contributed by atoms with Crippen LogP contribution < -0.4 is 33.2 Å². The van der Waals surface area contributed by atoms with E-state index in [4.69, 9.17) is 18.9 Å². The zero-order valence-corrected chi connectivity index (χ0v) is 31.2. The van der Waals surface area contributed by atoms with Gasteiger partial charge in [-0.3, -0.25) is 10.1 Å². The third-order valence-corrected chi connectivity index (χ3v) is 7.13. The largest absolute Gasteiger partial charge is 0.560 e. The molecule has 3 aromatic carbocycles. The normalized spacial score (nSPS) is 10.6. The standard InChI is InChI=1S/C16H15N2O2.C12H13N2O2.C8H4F3N4.Ir/c1-17-11-18(14-7-5-4-6-13(14)17)15-9-8-12(19-2)10-16(15)20-3;1-13-6-7-14(9-13)11-5-4-10(15-2)8-12(11)16-3;9-8(10,11)7-13-6(14-15-7)5-3-1-2-4-12-5;/h4-8,10H,1-3H3;4,6-8H,1-3H3;1-4H;/q3*-1;. The minimum Gasteiger partial charge on any atom is -0.560 e. The van der Waals surface area contributed by atoms with Gasteiger partial charge >= 0.3 is 6.18 Å². The van der Waals surface area contributed by atoms with Crippen molar-refractivity contribution in [2.45, 2.75) is 6.18 Å². The minimum atomic E-state index is -4.57. The van der Waals surface area contributed by atoms with E-state index in [0.29, 0.717) is 17.2 Å². The van der Waals surface area contributed by atoms with E-state index in [0.717, 1.165) is 28.2 Å². The molecule has 273 valence electrons. The summed E-state index contributed by atoms with van der Waals surface area (Å²) in [5, 5.41) is 6.25. The number of pyridine rings is 1. The van der Waals surface area contributed by atoms with Crippen LogP contribution in [0.3, 0.4) is 0 Å². The number of fused-ring (bicyclic) bond motifs is 1. The summed E-state index contributed by atoms with van der Waals surface area (Å²) in [5.74, 6) is 1.46. The molecule has 0 fully saturated rings. The van der Waals surface area contributed by atoms with E-state index in [1.165, 1.54) is 12.3 Å². The summed E-state index contributed by atoms with van der Waals surface area (Å²) < 4.78 is 65.0. The van der Waals surface area contributed by atoms with E-state index in [-0.39, 0.29) is 31.6 Å². The van der Waals surface area contributed by atoms with E-state index in [1.54, 1.807) is 52.7 Å². The van der Waals surface area contributed by atoms with Crippen LogP contribution in [0.25, 0.3) is 33.9 Å². The Morgan fingerprint density at radius 2 is 1.44 bits per heavy atom. The van der Waals surface area contributed by atoms with Crippen molar-refractivity contribution in [3.63, 3.8) is 0 Å². The van der Waals surface area contributed by atoms with Gasteiger partial charge in [0.25, 0.3) is 0 Å². The second-order valence-electron chi connectivity index (χ2n) is 10.4. The number of rotatable bonds is 7. The monoisotopic (exact) mass is 890 g/mol. The number of benzene rings is 3. The second-order valence-corrected chi connectivity index (χ2v) is 10.4. The fourth-order valence-electron chi connectivity index (χ4n) is 4.67. The molecule has 0 aliphatic carbocycles. The number of aromatic nitrogens is 8. The van der Waals surface area contributed by atoms with Crippen molar-refractivity contribution in [1.29, 1.82) is 0 Å². The van der Waals surface area contributed by atoms with Crippen LogP contribution in [0.1, 0.15) is 5.82 Å². The van der Waals surface area contributed by atoms with Crippen LogP contribution in [0, 0.1) is 24.8 Å². The molecule has 7 rings (SSSR count). The first-order chi connectivity index (χ1) is 24.6. The predicted octanol–water partition coefficient (Wildman–Crippen LogP) is 4.50. The summed E-state index contributed by atoms with van der Waals surface area (Å²) in [6, 6.07) is 26.4. The first kappa shape index (κ1) is 39.1. The Labute approximate surface area is 311 Å². The number of imidazole rings is 2. The van der Waals surface area contributed by atoms with Crippen molar-refractivity contribution in [2.75, 3.05) is 28.4 Å². The smallest absolute Gasteiger partial charge is 0.429 e. The maximum absolute atomic E-state index is 12.1. The summed E-state index contributed by atoms with van der Waals surface area (Å²) in [7, 11) is 10.4. The van der Waals surface area contributed by atoms with E-state index < -0.39 is 12.0 Å². The molecule has 0 spiro atoms. The summed E-state index contributed by atoms with van der Waals surface area (Å²) in [6.07, 6.45) is 7.01. The molecule has 12 nitrogen and oxygen atoms in total. The molecule has 0 saturated carbocycles. The molecule has 4 aromatic heterocycles. The third kappa shape index (κ3) is 9.13. The zero-order valence-electron chi connectivity index (χ0n) is 28.8. The first-order valence-corrected chi connectivity index (χ1v) is 15.1. The van der Waals surface area contributed by atoms with E-state index in [2.05, 4.69) is 51.0 Å². The zero-order chi connectivity index (χ0) is 36.5. The van der Waals surface area contributed by atoms with Crippen LogP contribution >= 0.6 is 0 Å². The minimum absolute atomic E-state index is 0. The first-order valence-electron chi connectivity index (χ1n) is 15.1. The van der Waals surface area contributed by atoms with Gasteiger partial charge in [-0.25, -0.2) is 0 Å². The number of halogens is 3. The molecule has 7 aromatic rings. The molecule has 0 unspecified atom stereocenters. The van der Waals surface area contributed by atoms with Gasteiger partial charge in [-0.1, -0.05) is 42.5 Å². The molecule has 0 saturated heterocycles. The van der Waals surface area contributed by atoms with Crippen LogP contribution in [-0.4, -0.2) is 52.6 Å². The Kier molecular flexibility index (Phi) is 13.1. The van der Waals surface area contributed by atoms with Crippen LogP contribution in [0.2, 0.25) is 0 Å². The number of para-hydroxylation sites is 2. The van der Waals surface area contributed by atoms with Gasteiger partial charge in [-0.2, -0.15) is 25.3 Å². The number of methoxy groups -OCH3 is 4. The van der Waals surface area contributed by atoms with Gasteiger partial charge < -0.3 is 47.3 Å². The average molecular weight is 890 g/mol. The quantitative estimate of drug-likeness (QED) is 0.170. The Morgan fingerprint density at radius 1 is 0.808 bits per heavy atom. The summed E-state index contributed by atoms with van der Waals surface area (Å²) in [4.78, 5) is 7.05. The van der Waals surface area contributed by atoms with Crippen molar-refractivity contribution in [3.05, 3.63) is 116 Å². The van der Waals surface area contributed by atoms with Crippen LogP contribution in [0.4, 0.5) is 13.2 Å². The Bertz CT molecular complexity index is 2200. The van der Waals surface area contributed by atoms with E-state index >= 15 is 0 Å². The van der Waals surface area contributed by atoms with Gasteiger partial charge in [0.05, 0.1) is 59.3 Å². The molecular formula is C36H32F3IrN8O4-3. The number of alkyl halides is 3. The fourth-order valence-corrected chi connectivity index (χ4v) is 4.67. The van der Waals surface area contributed by atoms with Crippen LogP contribution in [0.15, 0.2) is 85.3 Å². The number of aryl methyl sites for hydroxylation is 2. The molecule has 0 amide bonds. The van der Waals surface area contributed by atoms with Gasteiger partial charge in [0.15, 0.2) is 0 Å². The van der Waals surface area contributed by atoms with Gasteiger partial charge in [-0.15, -0.1) is 12.1 Å². The van der Waals surface area contributed by atoms with Crippen molar-refractivity contribution >= 4 is 11.0 Å². The molecule has 16 heteroatoms. The molecule has 52 heavy (non-hydrogen) atoms. The predicted molar refractivity (Wildman–Crippen MR) is 177 cm³/mol. The molecule has 0 aliphatic rings. The molecule has 0 bridgehead atoms. The van der Waals surface area contributed by atoms with Gasteiger partial charge in [0.1, 0.15) is 5.82 Å². The molecule has 4 heterocycles. The number of hydrogen-bond acceptors (Lipinski definition) is 7. The summed E-state index contributed by atoms with van der Waals surface area (Å²) in [5.41, 5.74) is 4.03. The average Bonchev–Trinajstić information content (AvgIpc) is 3.91. The maximum atomic E-state index is 12.1. The van der Waals surface area contributed by atoms with Crippen molar-refractivity contribution in [2.24, 2.45) is 14.1 Å². The van der Waals surface area contributed by atoms with Crippen LogP contribution in [0.5, 0.6) is 23.0 Å². The van der Waals surface area contributed by atoms with Gasteiger partial charge in [0.2, 0.25) is 12.7 Å². The Hall–Kier alpha value is -5.73. The third-order valence-electron chi connectivity index (χ3n) is 7.13. The Balaban J connectivity index is 0.000000175. The molecule has 0 aliphatic heterocycles. The molecule has 1 radical (unpaired) electrons. The number of nitrogens with zero attached hydrogens (tertiary/aromatic N) is 8. The topological polar surface area (TPSA) is 107 Å². The number of ether oxygens (including phenoxy) is 4. The van der Waals surface area contributed by atoms with Crippen molar-refractivity contribution < 1.29 is 61.4 Å². The van der Waals surface area contributed by atoms with Gasteiger partial charge in [-0.05, 0) is 29.3 Å².